The molecule has 8 heteroatoms. The third kappa shape index (κ3) is 5.22. The molecule has 0 saturated heterocycles. The van der Waals surface area contributed by atoms with Crippen molar-refractivity contribution in [3.05, 3.63) is 48.0 Å². The Morgan fingerprint density at radius 3 is 2.82 bits per heavy atom. The van der Waals surface area contributed by atoms with Crippen LogP contribution in [0.15, 0.2) is 48.0 Å². The van der Waals surface area contributed by atoms with Gasteiger partial charge in [-0.25, -0.2) is 4.98 Å². The Bertz CT molecular complexity index is 1120. The van der Waals surface area contributed by atoms with Crippen LogP contribution in [0.3, 0.4) is 0 Å². The Morgan fingerprint density at radius 1 is 1.18 bits per heavy atom. The van der Waals surface area contributed by atoms with Crippen LogP contribution in [0.5, 0.6) is 5.75 Å². The molecule has 0 N–H and O–H groups in total. The van der Waals surface area contributed by atoms with Gasteiger partial charge < -0.3 is 9.47 Å². The predicted octanol–water partition coefficient (Wildman–Crippen LogP) is 5.11. The second-order valence-corrected chi connectivity index (χ2v) is 8.66. The molecule has 1 atom stereocenters. The number of carbonyl (C=O) groups is 2. The second kappa shape index (κ2) is 10.6. The molecule has 3 heterocycles. The topological polar surface area (TPSA) is 81.6 Å². The smallest absolute Gasteiger partial charge is 0.326 e. The molecule has 1 aliphatic rings. The number of hydrogen-bond acceptors (Lipinski definition) is 7. The fourth-order valence-corrected chi connectivity index (χ4v) is 4.44. The highest BCUT2D eigenvalue weighted by molar-refractivity contribution is 7.13. The zero-order valence-electron chi connectivity index (χ0n) is 18.8. The summed E-state index contributed by atoms with van der Waals surface area (Å²) in [5.74, 6) is -0.0806. The molecule has 1 amide bonds. The van der Waals surface area contributed by atoms with Crippen LogP contribution in [0.1, 0.15) is 39.5 Å². The van der Waals surface area contributed by atoms with Crippen molar-refractivity contribution in [2.45, 2.75) is 45.6 Å². The van der Waals surface area contributed by atoms with Gasteiger partial charge in [-0.15, -0.1) is 11.3 Å². The molecule has 1 aliphatic heterocycles. The fourth-order valence-electron chi connectivity index (χ4n) is 3.63. The second-order valence-electron chi connectivity index (χ2n) is 7.80. The molecule has 0 saturated carbocycles. The number of esters is 1. The first-order valence-electron chi connectivity index (χ1n) is 11.3. The van der Waals surface area contributed by atoms with Gasteiger partial charge in [0.25, 0.3) is 5.91 Å². The van der Waals surface area contributed by atoms with E-state index in [0.717, 1.165) is 41.2 Å². The summed E-state index contributed by atoms with van der Waals surface area (Å²) in [4.78, 5) is 36.1. The van der Waals surface area contributed by atoms with Crippen LogP contribution in [-0.2, 0) is 14.3 Å². The minimum Gasteiger partial charge on any atom is -0.478 e. The van der Waals surface area contributed by atoms with Crippen molar-refractivity contribution >= 4 is 28.9 Å². The molecule has 2 aromatic heterocycles. The van der Waals surface area contributed by atoms with Crippen LogP contribution in [0.2, 0.25) is 0 Å². The number of thiazole rings is 1. The Kier molecular flexibility index (Phi) is 7.34. The number of amides is 1. The number of fused-ring (bicyclic) bond motifs is 1. The molecule has 0 aliphatic carbocycles. The Labute approximate surface area is 197 Å². The normalized spacial score (nSPS) is 15.2. The van der Waals surface area contributed by atoms with Gasteiger partial charge in [0.15, 0.2) is 6.10 Å². The summed E-state index contributed by atoms with van der Waals surface area (Å²) in [6, 6.07) is 11.3. The highest BCUT2D eigenvalue weighted by atomic mass is 32.1. The van der Waals surface area contributed by atoms with Gasteiger partial charge >= 0.3 is 5.97 Å². The number of aromatic nitrogens is 2. The lowest BCUT2D eigenvalue weighted by Gasteiger charge is -2.33. The van der Waals surface area contributed by atoms with Crippen molar-refractivity contribution in [2.24, 2.45) is 0 Å². The van der Waals surface area contributed by atoms with Gasteiger partial charge in [-0.3, -0.25) is 19.5 Å². The first-order valence-corrected chi connectivity index (χ1v) is 12.1. The average molecular weight is 466 g/mol. The maximum Gasteiger partial charge on any atom is 0.326 e. The largest absolute Gasteiger partial charge is 0.478 e. The van der Waals surface area contributed by atoms with Gasteiger partial charge in [0.05, 0.1) is 23.7 Å². The molecule has 0 spiro atoms. The molecule has 0 fully saturated rings. The summed E-state index contributed by atoms with van der Waals surface area (Å²) < 4.78 is 11.3. The summed E-state index contributed by atoms with van der Waals surface area (Å²) in [6.45, 7) is 4.20. The maximum atomic E-state index is 13.0. The van der Waals surface area contributed by atoms with E-state index in [1.54, 1.807) is 6.20 Å². The highest BCUT2D eigenvalue weighted by Gasteiger charge is 2.35. The molecule has 1 unspecified atom stereocenters. The van der Waals surface area contributed by atoms with Crippen molar-refractivity contribution in [1.82, 2.24) is 9.97 Å². The third-order valence-corrected chi connectivity index (χ3v) is 6.28. The van der Waals surface area contributed by atoms with Gasteiger partial charge in [0, 0.05) is 17.1 Å². The van der Waals surface area contributed by atoms with E-state index in [4.69, 9.17) is 14.5 Å². The number of benzene rings is 1. The van der Waals surface area contributed by atoms with Crippen LogP contribution in [-0.4, -0.2) is 41.1 Å². The molecule has 172 valence electrons. The molecule has 3 aromatic rings. The molecule has 33 heavy (non-hydrogen) atoms. The van der Waals surface area contributed by atoms with E-state index in [2.05, 4.69) is 11.9 Å². The summed E-state index contributed by atoms with van der Waals surface area (Å²) in [5, 5.41) is 2.77. The molecular formula is C25H27N3O4S. The summed E-state index contributed by atoms with van der Waals surface area (Å²) >= 11 is 1.50. The number of hydrogen-bond donors (Lipinski definition) is 0. The van der Waals surface area contributed by atoms with Crippen molar-refractivity contribution in [1.29, 1.82) is 0 Å². The van der Waals surface area contributed by atoms with Crippen LogP contribution >= 0.6 is 11.3 Å². The zero-order valence-corrected chi connectivity index (χ0v) is 19.6. The predicted molar refractivity (Wildman–Crippen MR) is 128 cm³/mol. The number of pyridine rings is 1. The van der Waals surface area contributed by atoms with Crippen LogP contribution in [0.25, 0.3) is 22.0 Å². The standard InChI is InChI=1S/C25H27N3O4S/c1-3-5-8-13-31-23(29)15-28-20-14-17(10-11-22(20)32-21(4-2)25(28)30)19-16-33-24(27-19)18-9-6-7-12-26-18/h6-7,9-12,14,16,21H,3-5,8,13,15H2,1-2H3. The Balaban J connectivity index is 1.59. The minimum absolute atomic E-state index is 0.141. The lowest BCUT2D eigenvalue weighted by atomic mass is 10.1. The SMILES string of the molecule is CCCCCOC(=O)CN1C(=O)C(CC)Oc2ccc(-c3csc(-c4ccccn4)n3)cc21. The molecule has 0 bridgehead atoms. The average Bonchev–Trinajstić information content (AvgIpc) is 3.34. The molecule has 4 rings (SSSR count). The van der Waals surface area contributed by atoms with E-state index in [0.29, 0.717) is 24.5 Å². The quantitative estimate of drug-likeness (QED) is 0.323. The number of unbranched alkanes of at least 4 members (excludes halogenated alkanes) is 2. The number of ether oxygens (including phenoxy) is 2. The zero-order chi connectivity index (χ0) is 23.2. The third-order valence-electron chi connectivity index (χ3n) is 5.41. The van der Waals surface area contributed by atoms with Crippen molar-refractivity contribution in [3.63, 3.8) is 0 Å². The minimum atomic E-state index is -0.619. The first-order chi connectivity index (χ1) is 16.1. The first kappa shape index (κ1) is 22.9. The number of nitrogens with zero attached hydrogens (tertiary/aromatic N) is 3. The van der Waals surface area contributed by atoms with E-state index in [1.807, 2.05) is 48.7 Å². The van der Waals surface area contributed by atoms with Gasteiger partial charge in [0.1, 0.15) is 17.3 Å². The van der Waals surface area contributed by atoms with Crippen molar-refractivity contribution in [3.8, 4) is 27.7 Å². The molecule has 7 nitrogen and oxygen atoms in total. The molecule has 1 aromatic carbocycles. The number of rotatable bonds is 9. The lowest BCUT2D eigenvalue weighted by molar-refractivity contribution is -0.143. The van der Waals surface area contributed by atoms with Crippen molar-refractivity contribution < 1.29 is 19.1 Å². The Morgan fingerprint density at radius 2 is 2.06 bits per heavy atom. The van der Waals surface area contributed by atoms with E-state index < -0.39 is 12.1 Å². The highest BCUT2D eigenvalue weighted by Crippen LogP contribution is 2.39. The van der Waals surface area contributed by atoms with Gasteiger partial charge in [-0.1, -0.05) is 32.8 Å². The van der Waals surface area contributed by atoms with Crippen LogP contribution < -0.4 is 9.64 Å². The van der Waals surface area contributed by atoms with Gasteiger partial charge in [0.2, 0.25) is 0 Å². The monoisotopic (exact) mass is 465 g/mol. The summed E-state index contributed by atoms with van der Waals surface area (Å²) in [5.41, 5.74) is 2.97. The Hall–Kier alpha value is -3.26. The van der Waals surface area contributed by atoms with Crippen LogP contribution in [0, 0.1) is 0 Å². The van der Waals surface area contributed by atoms with E-state index >= 15 is 0 Å². The number of anilines is 1. The maximum absolute atomic E-state index is 13.0. The molecule has 0 radical (unpaired) electrons. The van der Waals surface area contributed by atoms with Crippen LogP contribution in [0.4, 0.5) is 5.69 Å². The molecular weight excluding hydrogens is 438 g/mol. The summed E-state index contributed by atoms with van der Waals surface area (Å²) in [7, 11) is 0. The summed E-state index contributed by atoms with van der Waals surface area (Å²) in [6.07, 6.45) is 4.50. The van der Waals surface area contributed by atoms with Crippen molar-refractivity contribution in [2.75, 3.05) is 18.1 Å². The number of carbonyl (C=O) groups excluding carboxylic acids is 2. The lowest BCUT2D eigenvalue weighted by Crippen LogP contribution is -2.48. The van der Waals surface area contributed by atoms with E-state index in [1.165, 1.54) is 16.2 Å². The fraction of sp³-hybridized carbons (Fsp3) is 0.360. The van der Waals surface area contributed by atoms with Gasteiger partial charge in [-0.05, 0) is 43.2 Å². The van der Waals surface area contributed by atoms with Gasteiger partial charge in [-0.2, -0.15) is 0 Å². The van der Waals surface area contributed by atoms with E-state index in [-0.39, 0.29) is 12.5 Å². The van der Waals surface area contributed by atoms with E-state index in [9.17, 15) is 9.59 Å².